The molecule has 5 N–H and O–H groups in total. The third-order valence-corrected chi connectivity index (χ3v) is 3.02. The number of hydrogen-bond acceptors (Lipinski definition) is 4. The third kappa shape index (κ3) is 4.46. The predicted octanol–water partition coefficient (Wildman–Crippen LogP) is 0.550. The molecule has 17 heavy (non-hydrogen) atoms. The first kappa shape index (κ1) is 13.5. The summed E-state index contributed by atoms with van der Waals surface area (Å²) in [6, 6.07) is 6.61. The Morgan fingerprint density at radius 1 is 1.41 bits per heavy atom. The van der Waals surface area contributed by atoms with Crippen molar-refractivity contribution < 1.29 is 9.59 Å². The number of primary amides is 1. The number of carbonyl (C=O) groups is 2. The van der Waals surface area contributed by atoms with Crippen LogP contribution in [-0.4, -0.2) is 23.6 Å². The topological polar surface area (TPSA) is 98.2 Å². The lowest BCUT2D eigenvalue weighted by molar-refractivity contribution is -0.117. The first-order valence-corrected chi connectivity index (χ1v) is 6.06. The normalized spacial score (nSPS) is 11.9. The van der Waals surface area contributed by atoms with Crippen LogP contribution < -0.4 is 16.8 Å². The van der Waals surface area contributed by atoms with E-state index in [-0.39, 0.29) is 11.7 Å². The van der Waals surface area contributed by atoms with Crippen molar-refractivity contribution in [2.75, 3.05) is 11.1 Å². The number of carbonyl (C=O) groups excluding carboxylic acids is 2. The summed E-state index contributed by atoms with van der Waals surface area (Å²) in [7, 11) is 0. The summed E-state index contributed by atoms with van der Waals surface area (Å²) in [5, 5.41) is 2.70. The maximum atomic E-state index is 11.5. The van der Waals surface area contributed by atoms with Gasteiger partial charge in [0.05, 0.1) is 17.5 Å². The second-order valence-electron chi connectivity index (χ2n) is 3.53. The summed E-state index contributed by atoms with van der Waals surface area (Å²) < 4.78 is 0. The molecule has 0 aliphatic heterocycles. The average Bonchev–Trinajstić information content (AvgIpc) is 2.27. The highest BCUT2D eigenvalue weighted by atomic mass is 32.2. The van der Waals surface area contributed by atoms with E-state index in [0.717, 1.165) is 4.90 Å². The molecule has 0 unspecified atom stereocenters. The van der Waals surface area contributed by atoms with Gasteiger partial charge in [0.15, 0.2) is 0 Å². The van der Waals surface area contributed by atoms with E-state index in [4.69, 9.17) is 11.5 Å². The molecule has 0 aliphatic carbocycles. The van der Waals surface area contributed by atoms with E-state index in [1.165, 1.54) is 11.8 Å². The van der Waals surface area contributed by atoms with Gasteiger partial charge in [0, 0.05) is 4.90 Å². The largest absolute Gasteiger partial charge is 0.369 e. The van der Waals surface area contributed by atoms with Crippen LogP contribution in [0.3, 0.4) is 0 Å². The number of benzene rings is 1. The van der Waals surface area contributed by atoms with Gasteiger partial charge in [-0.05, 0) is 19.1 Å². The first-order valence-electron chi connectivity index (χ1n) is 5.07. The Morgan fingerprint density at radius 3 is 2.65 bits per heavy atom. The molecule has 0 saturated carbocycles. The number of anilines is 1. The highest BCUT2D eigenvalue weighted by Crippen LogP contribution is 2.26. The zero-order chi connectivity index (χ0) is 12.8. The maximum absolute atomic E-state index is 11.5. The molecule has 5 nitrogen and oxygen atoms in total. The van der Waals surface area contributed by atoms with Crippen LogP contribution in [0.15, 0.2) is 29.2 Å². The van der Waals surface area contributed by atoms with Crippen LogP contribution in [-0.2, 0) is 9.59 Å². The van der Waals surface area contributed by atoms with Gasteiger partial charge in [-0.15, -0.1) is 11.8 Å². The number of para-hydroxylation sites is 1. The molecule has 1 atom stereocenters. The van der Waals surface area contributed by atoms with Crippen LogP contribution in [0.2, 0.25) is 0 Å². The van der Waals surface area contributed by atoms with E-state index in [1.807, 2.05) is 12.1 Å². The Hall–Kier alpha value is -1.53. The molecule has 1 aromatic rings. The lowest BCUT2D eigenvalue weighted by Crippen LogP contribution is -2.32. The number of hydrogen-bond donors (Lipinski definition) is 3. The minimum atomic E-state index is -0.579. The second-order valence-corrected chi connectivity index (χ2v) is 4.55. The SMILES string of the molecule is C[C@@H](N)C(=O)Nc1ccccc1SCC(N)=O. The standard InChI is InChI=1S/C11H15N3O2S/c1-7(12)11(16)14-8-4-2-3-5-9(8)17-6-10(13)15/h2-5,7H,6,12H2,1H3,(H2,13,15)(H,14,16)/t7-/m1/s1. The van der Waals surface area contributed by atoms with Crippen molar-refractivity contribution in [3.8, 4) is 0 Å². The van der Waals surface area contributed by atoms with Crippen molar-refractivity contribution in [1.82, 2.24) is 0 Å². The molecule has 0 spiro atoms. The monoisotopic (exact) mass is 253 g/mol. The smallest absolute Gasteiger partial charge is 0.241 e. The molecule has 0 bridgehead atoms. The number of rotatable bonds is 5. The van der Waals surface area contributed by atoms with E-state index in [2.05, 4.69) is 5.32 Å². The number of amides is 2. The van der Waals surface area contributed by atoms with Crippen molar-refractivity contribution in [3.05, 3.63) is 24.3 Å². The molecule has 1 aromatic carbocycles. The fraction of sp³-hybridized carbons (Fsp3) is 0.273. The predicted molar refractivity (Wildman–Crippen MR) is 68.6 cm³/mol. The Bertz CT molecular complexity index is 421. The van der Waals surface area contributed by atoms with Gasteiger partial charge in [-0.3, -0.25) is 9.59 Å². The Kier molecular flexibility index (Phi) is 4.99. The fourth-order valence-electron chi connectivity index (χ4n) is 1.09. The van der Waals surface area contributed by atoms with Crippen LogP contribution in [0.1, 0.15) is 6.92 Å². The Morgan fingerprint density at radius 2 is 2.06 bits per heavy atom. The van der Waals surface area contributed by atoms with Gasteiger partial charge < -0.3 is 16.8 Å². The van der Waals surface area contributed by atoms with E-state index >= 15 is 0 Å². The van der Waals surface area contributed by atoms with Gasteiger partial charge in [-0.25, -0.2) is 0 Å². The van der Waals surface area contributed by atoms with Gasteiger partial charge in [0.25, 0.3) is 0 Å². The van der Waals surface area contributed by atoms with Crippen LogP contribution in [0.4, 0.5) is 5.69 Å². The van der Waals surface area contributed by atoms with Crippen molar-refractivity contribution in [2.24, 2.45) is 11.5 Å². The van der Waals surface area contributed by atoms with Crippen LogP contribution >= 0.6 is 11.8 Å². The van der Waals surface area contributed by atoms with Gasteiger partial charge in [-0.1, -0.05) is 12.1 Å². The summed E-state index contributed by atoms with van der Waals surface area (Å²) >= 11 is 1.28. The third-order valence-electron chi connectivity index (χ3n) is 1.93. The summed E-state index contributed by atoms with van der Waals surface area (Å²) in [6.45, 7) is 1.61. The van der Waals surface area contributed by atoms with Crippen LogP contribution in [0.25, 0.3) is 0 Å². The Labute approximate surface area is 104 Å². The molecule has 0 aromatic heterocycles. The lowest BCUT2D eigenvalue weighted by atomic mass is 10.3. The molecule has 0 aliphatic rings. The quantitative estimate of drug-likeness (QED) is 0.667. The summed E-state index contributed by atoms with van der Waals surface area (Å²) in [4.78, 5) is 23.0. The fourth-order valence-corrected chi connectivity index (χ4v) is 1.84. The summed E-state index contributed by atoms with van der Waals surface area (Å²) in [5.41, 5.74) is 11.2. The second kappa shape index (κ2) is 6.27. The number of nitrogens with one attached hydrogen (secondary N) is 1. The first-order chi connectivity index (χ1) is 8.00. The minimum absolute atomic E-state index is 0.172. The van der Waals surface area contributed by atoms with Gasteiger partial charge in [0.2, 0.25) is 11.8 Å². The summed E-state index contributed by atoms with van der Waals surface area (Å²) in [5.74, 6) is -0.495. The van der Waals surface area contributed by atoms with Crippen LogP contribution in [0.5, 0.6) is 0 Å². The minimum Gasteiger partial charge on any atom is -0.369 e. The molecule has 0 saturated heterocycles. The van der Waals surface area contributed by atoms with E-state index in [1.54, 1.807) is 19.1 Å². The van der Waals surface area contributed by atoms with Crippen molar-refractivity contribution in [1.29, 1.82) is 0 Å². The molecular formula is C11H15N3O2S. The molecule has 0 heterocycles. The van der Waals surface area contributed by atoms with Gasteiger partial charge in [0.1, 0.15) is 0 Å². The van der Waals surface area contributed by atoms with E-state index in [0.29, 0.717) is 5.69 Å². The lowest BCUT2D eigenvalue weighted by Gasteiger charge is -2.11. The highest BCUT2D eigenvalue weighted by molar-refractivity contribution is 8.00. The van der Waals surface area contributed by atoms with Crippen molar-refractivity contribution in [2.45, 2.75) is 17.9 Å². The molecule has 2 amide bonds. The molecular weight excluding hydrogens is 238 g/mol. The van der Waals surface area contributed by atoms with Crippen molar-refractivity contribution in [3.63, 3.8) is 0 Å². The molecule has 92 valence electrons. The summed E-state index contributed by atoms with van der Waals surface area (Å²) in [6.07, 6.45) is 0. The van der Waals surface area contributed by atoms with Crippen LogP contribution in [0, 0.1) is 0 Å². The molecule has 0 radical (unpaired) electrons. The van der Waals surface area contributed by atoms with E-state index in [9.17, 15) is 9.59 Å². The number of thioether (sulfide) groups is 1. The average molecular weight is 253 g/mol. The van der Waals surface area contributed by atoms with Crippen molar-refractivity contribution >= 4 is 29.3 Å². The number of nitrogens with two attached hydrogens (primary N) is 2. The van der Waals surface area contributed by atoms with E-state index < -0.39 is 11.9 Å². The highest BCUT2D eigenvalue weighted by Gasteiger charge is 2.10. The zero-order valence-corrected chi connectivity index (χ0v) is 10.3. The maximum Gasteiger partial charge on any atom is 0.241 e. The molecule has 6 heteroatoms. The molecule has 0 fully saturated rings. The molecule has 1 rings (SSSR count). The zero-order valence-electron chi connectivity index (χ0n) is 9.47. The van der Waals surface area contributed by atoms with Gasteiger partial charge in [-0.2, -0.15) is 0 Å². The Balaban J connectivity index is 2.77. The van der Waals surface area contributed by atoms with Gasteiger partial charge >= 0.3 is 0 Å².